The van der Waals surface area contributed by atoms with Crippen LogP contribution in [0.15, 0.2) is 54.7 Å². The predicted octanol–water partition coefficient (Wildman–Crippen LogP) is 3.83. The van der Waals surface area contributed by atoms with Crippen molar-refractivity contribution in [3.8, 4) is 11.4 Å². The third-order valence-corrected chi connectivity index (χ3v) is 3.85. The fraction of sp³-hybridized carbons (Fsp3) is 0.158. The van der Waals surface area contributed by atoms with Crippen LogP contribution < -0.4 is 10.1 Å². The molecular formula is C19H18FN3O2. The normalized spacial score (nSPS) is 10.5. The lowest BCUT2D eigenvalue weighted by Gasteiger charge is -2.09. The number of ether oxygens (including phenoxy) is 1. The van der Waals surface area contributed by atoms with E-state index in [1.54, 1.807) is 18.3 Å². The average molecular weight is 339 g/mol. The quantitative estimate of drug-likeness (QED) is 0.768. The van der Waals surface area contributed by atoms with E-state index in [2.05, 4.69) is 10.4 Å². The minimum atomic E-state index is -0.362. The van der Waals surface area contributed by atoms with E-state index < -0.39 is 0 Å². The van der Waals surface area contributed by atoms with Gasteiger partial charge in [0.25, 0.3) is 5.91 Å². The summed E-state index contributed by atoms with van der Waals surface area (Å²) in [5.74, 6) is -0.355. The molecule has 1 aromatic heterocycles. The van der Waals surface area contributed by atoms with Crippen molar-refractivity contribution >= 4 is 11.6 Å². The monoisotopic (exact) mass is 339 g/mol. The van der Waals surface area contributed by atoms with Crippen LogP contribution in [-0.4, -0.2) is 22.8 Å². The van der Waals surface area contributed by atoms with E-state index >= 15 is 0 Å². The maximum absolute atomic E-state index is 13.1. The van der Waals surface area contributed by atoms with Gasteiger partial charge < -0.3 is 10.1 Å². The molecule has 25 heavy (non-hydrogen) atoms. The van der Waals surface area contributed by atoms with E-state index in [1.165, 1.54) is 23.9 Å². The Hall–Kier alpha value is -3.15. The standard InChI is InChI=1S/C19H18FN3O2/c1-3-13-6-4-5-7-16(13)21-19(24)18-17(25-2)12-23(22-18)15-10-8-14(20)9-11-15/h4-12H,3H2,1-2H3,(H,21,24). The number of aryl methyl sites for hydroxylation is 1. The van der Waals surface area contributed by atoms with Crippen LogP contribution in [0.5, 0.6) is 5.75 Å². The number of nitrogens with zero attached hydrogens (tertiary/aromatic N) is 2. The number of rotatable bonds is 5. The molecule has 1 N–H and O–H groups in total. The van der Waals surface area contributed by atoms with Crippen molar-refractivity contribution in [2.24, 2.45) is 0 Å². The summed E-state index contributed by atoms with van der Waals surface area (Å²) in [4.78, 5) is 12.6. The Balaban J connectivity index is 1.91. The number of para-hydroxylation sites is 1. The van der Waals surface area contributed by atoms with Gasteiger partial charge >= 0.3 is 0 Å². The zero-order valence-electron chi connectivity index (χ0n) is 14.0. The molecule has 3 aromatic rings. The molecule has 1 heterocycles. The van der Waals surface area contributed by atoms with Crippen molar-refractivity contribution in [1.29, 1.82) is 0 Å². The molecule has 0 aliphatic heterocycles. The summed E-state index contributed by atoms with van der Waals surface area (Å²) >= 11 is 0. The molecule has 1 amide bonds. The molecule has 0 spiro atoms. The summed E-state index contributed by atoms with van der Waals surface area (Å²) in [5.41, 5.74) is 2.58. The molecule has 128 valence electrons. The van der Waals surface area contributed by atoms with Gasteiger partial charge in [0, 0.05) is 5.69 Å². The van der Waals surface area contributed by atoms with Crippen LogP contribution >= 0.6 is 0 Å². The molecule has 5 nitrogen and oxygen atoms in total. The maximum Gasteiger partial charge on any atom is 0.280 e. The summed E-state index contributed by atoms with van der Waals surface area (Å²) in [7, 11) is 1.47. The highest BCUT2D eigenvalue weighted by atomic mass is 19.1. The van der Waals surface area contributed by atoms with Crippen LogP contribution in [0.3, 0.4) is 0 Å². The molecule has 0 aliphatic carbocycles. The summed E-state index contributed by atoms with van der Waals surface area (Å²) in [5, 5.41) is 7.16. The number of carbonyl (C=O) groups excluding carboxylic acids is 1. The average Bonchev–Trinajstić information content (AvgIpc) is 3.07. The Morgan fingerprint density at radius 2 is 1.92 bits per heavy atom. The summed E-state index contributed by atoms with van der Waals surface area (Å²) in [6.07, 6.45) is 2.39. The summed E-state index contributed by atoms with van der Waals surface area (Å²) in [6, 6.07) is 13.4. The molecule has 0 fully saturated rings. The Bertz CT molecular complexity index is 888. The highest BCUT2D eigenvalue weighted by molar-refractivity contribution is 6.05. The van der Waals surface area contributed by atoms with Crippen molar-refractivity contribution in [3.63, 3.8) is 0 Å². The van der Waals surface area contributed by atoms with Crippen LogP contribution in [0.2, 0.25) is 0 Å². The largest absolute Gasteiger partial charge is 0.493 e. The number of nitrogens with one attached hydrogen (secondary N) is 1. The van der Waals surface area contributed by atoms with Gasteiger partial charge in [0.2, 0.25) is 0 Å². The number of amides is 1. The van der Waals surface area contributed by atoms with E-state index in [4.69, 9.17) is 4.74 Å². The second kappa shape index (κ2) is 7.17. The topological polar surface area (TPSA) is 56.2 Å². The first-order valence-corrected chi connectivity index (χ1v) is 7.91. The van der Waals surface area contributed by atoms with E-state index in [0.29, 0.717) is 11.4 Å². The molecule has 0 atom stereocenters. The van der Waals surface area contributed by atoms with E-state index in [-0.39, 0.29) is 17.4 Å². The summed E-state index contributed by atoms with van der Waals surface area (Å²) in [6.45, 7) is 2.02. The number of carbonyl (C=O) groups is 1. The first kappa shape index (κ1) is 16.7. The third-order valence-electron chi connectivity index (χ3n) is 3.85. The van der Waals surface area contributed by atoms with Crippen molar-refractivity contribution < 1.29 is 13.9 Å². The molecule has 2 aromatic carbocycles. The molecular weight excluding hydrogens is 321 g/mol. The lowest BCUT2D eigenvalue weighted by atomic mass is 10.1. The number of benzene rings is 2. The maximum atomic E-state index is 13.1. The number of hydrogen-bond donors (Lipinski definition) is 1. The molecule has 0 saturated heterocycles. The predicted molar refractivity (Wildman–Crippen MR) is 93.8 cm³/mol. The van der Waals surface area contributed by atoms with Crippen molar-refractivity contribution in [1.82, 2.24) is 9.78 Å². The lowest BCUT2D eigenvalue weighted by Crippen LogP contribution is -2.15. The smallest absolute Gasteiger partial charge is 0.280 e. The molecule has 3 rings (SSSR count). The second-order valence-electron chi connectivity index (χ2n) is 5.43. The van der Waals surface area contributed by atoms with Gasteiger partial charge in [0.05, 0.1) is 19.0 Å². The lowest BCUT2D eigenvalue weighted by molar-refractivity contribution is 0.101. The highest BCUT2D eigenvalue weighted by Gasteiger charge is 2.19. The highest BCUT2D eigenvalue weighted by Crippen LogP contribution is 2.22. The van der Waals surface area contributed by atoms with Gasteiger partial charge in [-0.15, -0.1) is 0 Å². The van der Waals surface area contributed by atoms with E-state index in [0.717, 1.165) is 17.7 Å². The fourth-order valence-electron chi connectivity index (χ4n) is 2.52. The van der Waals surface area contributed by atoms with Gasteiger partial charge in [-0.05, 0) is 42.3 Å². The van der Waals surface area contributed by atoms with Gasteiger partial charge in [0.15, 0.2) is 11.4 Å². The van der Waals surface area contributed by atoms with Crippen molar-refractivity contribution in [2.45, 2.75) is 13.3 Å². The molecule has 0 radical (unpaired) electrons. The van der Waals surface area contributed by atoms with Crippen LogP contribution in [-0.2, 0) is 6.42 Å². The van der Waals surface area contributed by atoms with Crippen LogP contribution in [0.1, 0.15) is 23.0 Å². The van der Waals surface area contributed by atoms with Gasteiger partial charge in [-0.25, -0.2) is 9.07 Å². The number of halogens is 1. The van der Waals surface area contributed by atoms with Crippen molar-refractivity contribution in [2.75, 3.05) is 12.4 Å². The Labute approximate surface area is 145 Å². The fourth-order valence-corrected chi connectivity index (χ4v) is 2.52. The zero-order chi connectivity index (χ0) is 17.8. The second-order valence-corrected chi connectivity index (χ2v) is 5.43. The first-order chi connectivity index (χ1) is 12.1. The molecule has 0 unspecified atom stereocenters. The third kappa shape index (κ3) is 3.52. The Kier molecular flexibility index (Phi) is 4.79. The SMILES string of the molecule is CCc1ccccc1NC(=O)c1nn(-c2ccc(F)cc2)cc1OC. The number of methoxy groups -OCH3 is 1. The number of aromatic nitrogens is 2. The van der Waals surface area contributed by atoms with Gasteiger partial charge in [-0.1, -0.05) is 25.1 Å². The zero-order valence-corrected chi connectivity index (χ0v) is 14.0. The van der Waals surface area contributed by atoms with E-state index in [1.807, 2.05) is 31.2 Å². The van der Waals surface area contributed by atoms with Crippen LogP contribution in [0.4, 0.5) is 10.1 Å². The molecule has 0 aliphatic rings. The van der Waals surface area contributed by atoms with Gasteiger partial charge in [-0.2, -0.15) is 5.10 Å². The first-order valence-electron chi connectivity index (χ1n) is 7.91. The Morgan fingerprint density at radius 1 is 1.20 bits per heavy atom. The molecule has 0 bridgehead atoms. The number of anilines is 1. The van der Waals surface area contributed by atoms with Gasteiger partial charge in [-0.3, -0.25) is 4.79 Å². The molecule has 0 saturated carbocycles. The molecule has 6 heteroatoms. The van der Waals surface area contributed by atoms with E-state index in [9.17, 15) is 9.18 Å². The minimum Gasteiger partial charge on any atom is -0.493 e. The van der Waals surface area contributed by atoms with Gasteiger partial charge in [0.1, 0.15) is 5.82 Å². The number of hydrogen-bond acceptors (Lipinski definition) is 3. The van der Waals surface area contributed by atoms with Crippen LogP contribution in [0.25, 0.3) is 5.69 Å². The minimum absolute atomic E-state index is 0.165. The van der Waals surface area contributed by atoms with Crippen LogP contribution in [0, 0.1) is 5.82 Å². The summed E-state index contributed by atoms with van der Waals surface area (Å²) < 4.78 is 19.8. The van der Waals surface area contributed by atoms with Crippen molar-refractivity contribution in [3.05, 3.63) is 71.8 Å². The Morgan fingerprint density at radius 3 is 2.60 bits per heavy atom.